The fourth-order valence-electron chi connectivity index (χ4n) is 4.78. The van der Waals surface area contributed by atoms with Crippen LogP contribution in [0.3, 0.4) is 0 Å². The molecule has 2 aliphatic rings. The maximum Gasteiger partial charge on any atom is 0.261 e. The molecule has 3 heterocycles. The first-order valence-electron chi connectivity index (χ1n) is 12.0. The summed E-state index contributed by atoms with van der Waals surface area (Å²) in [6.07, 6.45) is 0.503. The zero-order valence-electron chi connectivity index (χ0n) is 20.0. The molecule has 37 heavy (non-hydrogen) atoms. The number of imide groups is 1. The lowest BCUT2D eigenvalue weighted by molar-refractivity contribution is 0.0646. The van der Waals surface area contributed by atoms with E-state index < -0.39 is 0 Å². The molecule has 0 saturated heterocycles. The number of aliphatic imine (C=N–C) groups is 1. The molecule has 4 aromatic rings. The van der Waals surface area contributed by atoms with Crippen LogP contribution in [0.25, 0.3) is 5.69 Å². The molecule has 0 fully saturated rings. The number of carbonyl (C=O) groups excluding carboxylic acids is 2. The summed E-state index contributed by atoms with van der Waals surface area (Å²) in [5.74, 6) is 1.64. The molecule has 0 atom stereocenters. The first-order chi connectivity index (χ1) is 18.0. The van der Waals surface area contributed by atoms with E-state index in [-0.39, 0.29) is 18.4 Å². The van der Waals surface area contributed by atoms with Gasteiger partial charge in [-0.2, -0.15) is 0 Å². The number of ether oxygens (including phenoxy) is 1. The summed E-state index contributed by atoms with van der Waals surface area (Å²) in [6.45, 7) is 2.89. The number of carbonyl (C=O) groups is 2. The lowest BCUT2D eigenvalue weighted by Gasteiger charge is -2.16. The van der Waals surface area contributed by atoms with Crippen LogP contribution in [0.1, 0.15) is 49.9 Å². The molecule has 0 radical (unpaired) electrons. The van der Waals surface area contributed by atoms with Crippen molar-refractivity contribution in [2.45, 2.75) is 19.9 Å². The molecule has 2 aliphatic heterocycles. The predicted octanol–water partition coefficient (Wildman–Crippen LogP) is 4.65. The van der Waals surface area contributed by atoms with Gasteiger partial charge in [0.1, 0.15) is 18.1 Å². The summed E-state index contributed by atoms with van der Waals surface area (Å²) >= 11 is 6.55. The van der Waals surface area contributed by atoms with Crippen LogP contribution in [-0.4, -0.2) is 50.3 Å². The predicted molar refractivity (Wildman–Crippen MR) is 139 cm³/mol. The quantitative estimate of drug-likeness (QED) is 0.278. The summed E-state index contributed by atoms with van der Waals surface area (Å²) in [6, 6.07) is 20.3. The number of hydrogen-bond acceptors (Lipinski definition) is 6. The fraction of sp³-hybridized carbons (Fsp3) is 0.179. The number of hydrogen-bond donors (Lipinski definition) is 0. The summed E-state index contributed by atoms with van der Waals surface area (Å²) in [5, 5.41) is 9.13. The van der Waals surface area contributed by atoms with Crippen LogP contribution in [-0.2, 0) is 6.54 Å². The van der Waals surface area contributed by atoms with Crippen molar-refractivity contribution in [2.75, 3.05) is 13.2 Å². The van der Waals surface area contributed by atoms with Gasteiger partial charge in [0.2, 0.25) is 0 Å². The Hall–Kier alpha value is -4.30. The number of nitrogens with zero attached hydrogens (tertiary/aromatic N) is 5. The van der Waals surface area contributed by atoms with E-state index in [2.05, 4.69) is 10.2 Å². The molecule has 0 unspecified atom stereocenters. The molecule has 6 rings (SSSR count). The standard InChI is InChI=1S/C28H22ClN5O3/c1-17-31-32-25-16-30-26(21-9-4-5-10-23(21)29)22-15-18(11-12-24(22)34(17)25)37-14-6-13-33-27(35)19-7-2-3-8-20(19)28(33)36/h2-5,7-12,15H,6,13-14,16H2,1H3. The summed E-state index contributed by atoms with van der Waals surface area (Å²) < 4.78 is 8.05. The van der Waals surface area contributed by atoms with Gasteiger partial charge in [0.15, 0.2) is 5.82 Å². The molecule has 3 aromatic carbocycles. The highest BCUT2D eigenvalue weighted by Crippen LogP contribution is 2.31. The van der Waals surface area contributed by atoms with E-state index in [9.17, 15) is 9.59 Å². The molecular formula is C28H22ClN5O3. The summed E-state index contributed by atoms with van der Waals surface area (Å²) in [5.41, 5.74) is 4.23. The van der Waals surface area contributed by atoms with Crippen LogP contribution in [0.5, 0.6) is 5.75 Å². The van der Waals surface area contributed by atoms with Crippen LogP contribution >= 0.6 is 11.6 Å². The smallest absolute Gasteiger partial charge is 0.261 e. The SMILES string of the molecule is Cc1nnc2n1-c1ccc(OCCCN3C(=O)c4ccccc4C3=O)cc1C(c1ccccc1Cl)=NC2. The molecule has 2 amide bonds. The Morgan fingerprint density at radius 2 is 1.59 bits per heavy atom. The van der Waals surface area contributed by atoms with Crippen LogP contribution in [0, 0.1) is 6.92 Å². The van der Waals surface area contributed by atoms with Crippen molar-refractivity contribution in [1.29, 1.82) is 0 Å². The topological polar surface area (TPSA) is 89.7 Å². The van der Waals surface area contributed by atoms with E-state index in [1.54, 1.807) is 24.3 Å². The first kappa shape index (κ1) is 23.1. The maximum absolute atomic E-state index is 12.6. The van der Waals surface area contributed by atoms with Crippen molar-refractivity contribution in [3.63, 3.8) is 0 Å². The molecular weight excluding hydrogens is 490 g/mol. The van der Waals surface area contributed by atoms with Gasteiger partial charge in [0.05, 0.1) is 29.1 Å². The third kappa shape index (κ3) is 3.99. The van der Waals surface area contributed by atoms with E-state index in [0.29, 0.717) is 41.5 Å². The molecule has 184 valence electrons. The Morgan fingerprint density at radius 1 is 0.892 bits per heavy atom. The lowest BCUT2D eigenvalue weighted by Crippen LogP contribution is -2.31. The minimum absolute atomic E-state index is 0.258. The van der Waals surface area contributed by atoms with Crippen LogP contribution < -0.4 is 4.74 Å². The minimum Gasteiger partial charge on any atom is -0.494 e. The van der Waals surface area contributed by atoms with Crippen molar-refractivity contribution < 1.29 is 14.3 Å². The lowest BCUT2D eigenvalue weighted by atomic mass is 10.00. The van der Waals surface area contributed by atoms with Gasteiger partial charge < -0.3 is 4.74 Å². The fourth-order valence-corrected chi connectivity index (χ4v) is 5.01. The van der Waals surface area contributed by atoms with Gasteiger partial charge in [-0.05, 0) is 49.7 Å². The molecule has 1 aromatic heterocycles. The Morgan fingerprint density at radius 3 is 2.32 bits per heavy atom. The van der Waals surface area contributed by atoms with E-state index in [1.165, 1.54) is 4.90 Å². The average Bonchev–Trinajstić information content (AvgIpc) is 3.33. The zero-order valence-corrected chi connectivity index (χ0v) is 20.8. The van der Waals surface area contributed by atoms with Crippen molar-refractivity contribution in [2.24, 2.45) is 4.99 Å². The Labute approximate surface area is 218 Å². The Kier molecular flexibility index (Phi) is 5.81. The van der Waals surface area contributed by atoms with Gasteiger partial charge in [-0.15, -0.1) is 10.2 Å². The monoisotopic (exact) mass is 511 g/mol. The van der Waals surface area contributed by atoms with Gasteiger partial charge in [0.25, 0.3) is 11.8 Å². The number of amides is 2. The molecule has 0 saturated carbocycles. The van der Waals surface area contributed by atoms with Crippen molar-refractivity contribution in [3.8, 4) is 11.4 Å². The first-order valence-corrected chi connectivity index (χ1v) is 12.3. The molecule has 9 heteroatoms. The minimum atomic E-state index is -0.258. The zero-order chi connectivity index (χ0) is 25.5. The highest BCUT2D eigenvalue weighted by molar-refractivity contribution is 6.35. The summed E-state index contributed by atoms with van der Waals surface area (Å²) in [4.78, 5) is 31.3. The second-order valence-corrected chi connectivity index (χ2v) is 9.24. The van der Waals surface area contributed by atoms with E-state index in [1.807, 2.05) is 54.0 Å². The van der Waals surface area contributed by atoms with Crippen molar-refractivity contribution in [3.05, 3.63) is 106 Å². The van der Waals surface area contributed by atoms with Gasteiger partial charge in [0, 0.05) is 22.7 Å². The normalized spacial score (nSPS) is 14.1. The third-order valence-corrected chi connectivity index (χ3v) is 6.87. The number of benzene rings is 3. The van der Waals surface area contributed by atoms with Crippen LogP contribution in [0.4, 0.5) is 0 Å². The van der Waals surface area contributed by atoms with Crippen LogP contribution in [0.15, 0.2) is 71.7 Å². The van der Waals surface area contributed by atoms with E-state index in [0.717, 1.165) is 34.2 Å². The number of rotatable bonds is 6. The van der Waals surface area contributed by atoms with Crippen LogP contribution in [0.2, 0.25) is 5.02 Å². The van der Waals surface area contributed by atoms with Crippen molar-refractivity contribution in [1.82, 2.24) is 19.7 Å². The largest absolute Gasteiger partial charge is 0.494 e. The molecule has 0 aliphatic carbocycles. The molecule has 0 bridgehead atoms. The number of aryl methyl sites for hydroxylation is 1. The Balaban J connectivity index is 1.23. The third-order valence-electron chi connectivity index (χ3n) is 6.54. The molecule has 8 nitrogen and oxygen atoms in total. The van der Waals surface area contributed by atoms with Crippen molar-refractivity contribution >= 4 is 29.1 Å². The van der Waals surface area contributed by atoms with Gasteiger partial charge in [-0.3, -0.25) is 24.0 Å². The van der Waals surface area contributed by atoms with E-state index >= 15 is 0 Å². The maximum atomic E-state index is 12.6. The van der Waals surface area contributed by atoms with Gasteiger partial charge >= 0.3 is 0 Å². The second-order valence-electron chi connectivity index (χ2n) is 8.83. The highest BCUT2D eigenvalue weighted by Gasteiger charge is 2.34. The number of fused-ring (bicyclic) bond motifs is 4. The average molecular weight is 512 g/mol. The highest BCUT2D eigenvalue weighted by atomic mass is 35.5. The Bertz CT molecular complexity index is 1560. The van der Waals surface area contributed by atoms with E-state index in [4.69, 9.17) is 21.3 Å². The summed E-state index contributed by atoms with van der Waals surface area (Å²) in [7, 11) is 0. The molecule has 0 N–H and O–H groups in total. The molecule has 0 spiro atoms. The second kappa shape index (κ2) is 9.29. The van der Waals surface area contributed by atoms with Gasteiger partial charge in [-0.1, -0.05) is 41.9 Å². The number of aromatic nitrogens is 3. The number of halogens is 1. The van der Waals surface area contributed by atoms with Gasteiger partial charge in [-0.25, -0.2) is 0 Å².